The van der Waals surface area contributed by atoms with Crippen molar-refractivity contribution in [1.82, 2.24) is 0 Å². The summed E-state index contributed by atoms with van der Waals surface area (Å²) < 4.78 is 11.7. The number of allylic oxidation sites excluding steroid dienone is 3. The molecule has 6 rings (SSSR count). The first-order valence-corrected chi connectivity index (χ1v) is 11.2. The molecule has 6 aliphatic rings. The molecule has 1 saturated heterocycles. The zero-order valence-corrected chi connectivity index (χ0v) is 17.0. The topological polar surface area (TPSA) is 52.6 Å². The van der Waals surface area contributed by atoms with Crippen LogP contribution < -0.4 is 0 Å². The molecule has 150 valence electrons. The van der Waals surface area contributed by atoms with Gasteiger partial charge in [0.15, 0.2) is 0 Å². The summed E-state index contributed by atoms with van der Waals surface area (Å²) in [5, 5.41) is 0. The van der Waals surface area contributed by atoms with E-state index in [1.54, 1.807) is 0 Å². The maximum Gasteiger partial charge on any atom is 0.339 e. The van der Waals surface area contributed by atoms with Crippen LogP contribution in [0.2, 0.25) is 0 Å². The number of ether oxygens (including phenoxy) is 2. The van der Waals surface area contributed by atoms with Gasteiger partial charge in [0.2, 0.25) is 0 Å². The van der Waals surface area contributed by atoms with E-state index < -0.39 is 5.41 Å². The van der Waals surface area contributed by atoms with E-state index in [9.17, 15) is 9.59 Å². The number of hydrogen-bond donors (Lipinski definition) is 0. The normalized spacial score (nSPS) is 39.5. The van der Waals surface area contributed by atoms with Gasteiger partial charge in [0, 0.05) is 17.1 Å². The van der Waals surface area contributed by atoms with Crippen LogP contribution in [0.1, 0.15) is 71.6 Å². The van der Waals surface area contributed by atoms with E-state index in [4.69, 9.17) is 9.47 Å². The summed E-state index contributed by atoms with van der Waals surface area (Å²) in [6, 6.07) is 0. The molecular weight excluding hydrogens is 352 g/mol. The van der Waals surface area contributed by atoms with Crippen LogP contribution in [0.25, 0.3) is 0 Å². The zero-order valence-electron chi connectivity index (χ0n) is 17.0. The van der Waals surface area contributed by atoms with Gasteiger partial charge in [0.25, 0.3) is 0 Å². The molecule has 0 amide bonds. The van der Waals surface area contributed by atoms with Crippen molar-refractivity contribution < 1.29 is 19.1 Å². The molecular formula is C24H30O4. The third-order valence-corrected chi connectivity index (χ3v) is 7.80. The number of fused-ring (bicyclic) bond motifs is 1. The molecule has 1 saturated carbocycles. The minimum Gasteiger partial charge on any atom is -0.454 e. The molecule has 4 nitrogen and oxygen atoms in total. The van der Waals surface area contributed by atoms with Gasteiger partial charge in [0.05, 0.1) is 5.41 Å². The van der Waals surface area contributed by atoms with E-state index in [-0.39, 0.29) is 24.0 Å². The number of rotatable bonds is 5. The van der Waals surface area contributed by atoms with Gasteiger partial charge < -0.3 is 9.47 Å². The molecule has 0 unspecified atom stereocenters. The predicted molar refractivity (Wildman–Crippen MR) is 105 cm³/mol. The molecule has 2 fully saturated rings. The quantitative estimate of drug-likeness (QED) is 0.628. The zero-order chi connectivity index (χ0) is 19.5. The molecule has 5 atom stereocenters. The van der Waals surface area contributed by atoms with Gasteiger partial charge in [0.1, 0.15) is 11.9 Å². The van der Waals surface area contributed by atoms with Gasteiger partial charge in [-0.15, -0.1) is 0 Å². The number of unbranched alkanes of at least 4 members (excludes halogenated alkanes) is 2. The molecule has 0 aromatic rings. The fraction of sp³-hybridized carbons (Fsp3) is 0.667. The van der Waals surface area contributed by atoms with E-state index >= 15 is 0 Å². The SMILES string of the molecule is CCCC=C1OC(=O)C2=C[C@@H]3CC[C@]12[C@H]1C2=C(CC[C@@H]31)[C@H](CCCC)OC2=O. The molecule has 4 heteroatoms. The number of carbonyl (C=O) groups excluding carboxylic acids is 2. The Labute approximate surface area is 167 Å². The standard InChI is InChI=1S/C24H30O4/c1-3-5-7-18-16-10-9-15-14-11-12-24(21(15)20(16)23(26)27-18)17(13-14)22(25)28-19(24)8-6-4-2/h8,13-15,18,21H,3-7,9-12H2,1-2H3/t14-,15-,18-,21+,24+/m0/s1. The highest BCUT2D eigenvalue weighted by Crippen LogP contribution is 2.68. The van der Waals surface area contributed by atoms with E-state index in [0.717, 1.165) is 74.7 Å². The molecule has 2 bridgehead atoms. The Balaban J connectivity index is 1.63. The maximum absolute atomic E-state index is 13.1. The van der Waals surface area contributed by atoms with Crippen molar-refractivity contribution in [3.8, 4) is 0 Å². The Morgan fingerprint density at radius 2 is 2.04 bits per heavy atom. The van der Waals surface area contributed by atoms with E-state index in [1.165, 1.54) is 5.57 Å². The molecule has 28 heavy (non-hydrogen) atoms. The Bertz CT molecular complexity index is 816. The fourth-order valence-electron chi connectivity index (χ4n) is 6.63. The van der Waals surface area contributed by atoms with Crippen LogP contribution in [0, 0.1) is 23.2 Å². The van der Waals surface area contributed by atoms with Crippen LogP contribution in [-0.2, 0) is 19.1 Å². The number of cyclic esters (lactones) is 2. The summed E-state index contributed by atoms with van der Waals surface area (Å²) in [6.07, 6.45) is 13.3. The minimum atomic E-state index is -0.425. The Kier molecular flexibility index (Phi) is 4.29. The molecule has 4 aliphatic carbocycles. The first kappa shape index (κ1) is 18.2. The monoisotopic (exact) mass is 382 g/mol. The van der Waals surface area contributed by atoms with Crippen LogP contribution in [0.5, 0.6) is 0 Å². The summed E-state index contributed by atoms with van der Waals surface area (Å²) in [6.45, 7) is 4.31. The molecule has 1 spiro atoms. The highest BCUT2D eigenvalue weighted by Gasteiger charge is 2.66. The van der Waals surface area contributed by atoms with Crippen LogP contribution in [-0.4, -0.2) is 18.0 Å². The van der Waals surface area contributed by atoms with Crippen LogP contribution in [0.15, 0.2) is 34.6 Å². The third-order valence-electron chi connectivity index (χ3n) is 7.80. The van der Waals surface area contributed by atoms with Gasteiger partial charge in [-0.25, -0.2) is 9.59 Å². The molecule has 0 aromatic carbocycles. The van der Waals surface area contributed by atoms with Gasteiger partial charge in [-0.1, -0.05) is 32.8 Å². The lowest BCUT2D eigenvalue weighted by molar-refractivity contribution is -0.141. The second-order valence-corrected chi connectivity index (χ2v) is 9.16. The van der Waals surface area contributed by atoms with Gasteiger partial charge in [-0.3, -0.25) is 0 Å². The highest BCUT2D eigenvalue weighted by atomic mass is 16.6. The molecule has 0 aromatic heterocycles. The molecule has 2 aliphatic heterocycles. The first-order chi connectivity index (χ1) is 13.6. The Hall–Kier alpha value is -1.84. The van der Waals surface area contributed by atoms with Gasteiger partial charge >= 0.3 is 11.9 Å². The molecule has 2 heterocycles. The summed E-state index contributed by atoms with van der Waals surface area (Å²) in [5.74, 6) is 1.37. The third kappa shape index (κ3) is 2.29. The summed E-state index contributed by atoms with van der Waals surface area (Å²) in [5.41, 5.74) is 2.54. The first-order valence-electron chi connectivity index (χ1n) is 11.2. The maximum atomic E-state index is 13.1. The van der Waals surface area contributed by atoms with Crippen LogP contribution >= 0.6 is 0 Å². The van der Waals surface area contributed by atoms with Crippen molar-refractivity contribution in [3.63, 3.8) is 0 Å². The van der Waals surface area contributed by atoms with E-state index in [0.29, 0.717) is 11.8 Å². The van der Waals surface area contributed by atoms with Crippen molar-refractivity contribution in [2.75, 3.05) is 0 Å². The lowest BCUT2D eigenvalue weighted by Crippen LogP contribution is -2.50. The summed E-state index contributed by atoms with van der Waals surface area (Å²) in [4.78, 5) is 25.8. The average molecular weight is 383 g/mol. The van der Waals surface area contributed by atoms with Crippen LogP contribution in [0.4, 0.5) is 0 Å². The Morgan fingerprint density at radius 3 is 2.82 bits per heavy atom. The van der Waals surface area contributed by atoms with Crippen molar-refractivity contribution >= 4 is 11.9 Å². The molecule has 0 N–H and O–H groups in total. The van der Waals surface area contributed by atoms with Crippen molar-refractivity contribution in [3.05, 3.63) is 34.6 Å². The second kappa shape index (κ2) is 6.60. The van der Waals surface area contributed by atoms with Crippen molar-refractivity contribution in [2.24, 2.45) is 23.2 Å². The van der Waals surface area contributed by atoms with E-state index in [2.05, 4.69) is 26.0 Å². The summed E-state index contributed by atoms with van der Waals surface area (Å²) in [7, 11) is 0. The second-order valence-electron chi connectivity index (χ2n) is 9.16. The minimum absolute atomic E-state index is 0.0474. The highest BCUT2D eigenvalue weighted by molar-refractivity contribution is 5.99. The van der Waals surface area contributed by atoms with E-state index in [1.807, 2.05) is 0 Å². The fourth-order valence-corrected chi connectivity index (χ4v) is 6.63. The van der Waals surface area contributed by atoms with Gasteiger partial charge in [-0.2, -0.15) is 0 Å². The summed E-state index contributed by atoms with van der Waals surface area (Å²) >= 11 is 0. The molecule has 0 radical (unpaired) electrons. The van der Waals surface area contributed by atoms with Gasteiger partial charge in [-0.05, 0) is 68.4 Å². The Morgan fingerprint density at radius 1 is 1.18 bits per heavy atom. The number of hydrogen-bond acceptors (Lipinski definition) is 4. The predicted octanol–water partition coefficient (Wildman–Crippen LogP) is 5.00. The lowest BCUT2D eigenvalue weighted by atomic mass is 9.46. The largest absolute Gasteiger partial charge is 0.454 e. The smallest absolute Gasteiger partial charge is 0.339 e. The van der Waals surface area contributed by atoms with Crippen molar-refractivity contribution in [1.29, 1.82) is 0 Å². The van der Waals surface area contributed by atoms with Crippen molar-refractivity contribution in [2.45, 2.75) is 77.7 Å². The average Bonchev–Trinajstić information content (AvgIpc) is 3.19. The number of carbonyl (C=O) groups is 2. The number of esters is 2. The van der Waals surface area contributed by atoms with Crippen LogP contribution in [0.3, 0.4) is 0 Å². The lowest BCUT2D eigenvalue weighted by Gasteiger charge is -2.54.